The van der Waals surface area contributed by atoms with E-state index in [0.29, 0.717) is 34.4 Å². The summed E-state index contributed by atoms with van der Waals surface area (Å²) in [4.78, 5) is 4.09. The van der Waals surface area contributed by atoms with Crippen LogP contribution in [0.5, 0.6) is 0 Å². The van der Waals surface area contributed by atoms with Crippen LogP contribution in [0, 0.1) is 6.92 Å². The number of thiazole rings is 1. The van der Waals surface area contributed by atoms with Crippen LogP contribution >= 0.6 is 11.3 Å². The largest absolute Gasteiger partial charge is 0.463 e. The molecule has 0 aliphatic heterocycles. The Morgan fingerprint density at radius 2 is 1.90 bits per heavy atom. The quantitative estimate of drug-likeness (QED) is 0.471. The standard InChI is InChI=1S/C18H13F3N4O3S2/c1-11-9-16(24-30(26,27)13-6-4-12(5-7-13)18(19,20)21)25(23-11)17-22-14(10-29-17)15-3-2-8-28-15/h2-10,24H,1H3. The summed E-state index contributed by atoms with van der Waals surface area (Å²) in [7, 11) is -4.15. The molecule has 0 bridgehead atoms. The SMILES string of the molecule is Cc1cc(NS(=O)(=O)c2ccc(C(F)(F)F)cc2)n(-c2nc(-c3ccco3)cs2)n1. The third-order valence-corrected chi connectivity index (χ3v) is 6.20. The second-order valence-electron chi connectivity index (χ2n) is 6.20. The Labute approximate surface area is 172 Å². The van der Waals surface area contributed by atoms with Crippen LogP contribution in [0.25, 0.3) is 16.6 Å². The van der Waals surface area contributed by atoms with E-state index in [1.54, 1.807) is 24.4 Å². The summed E-state index contributed by atoms with van der Waals surface area (Å²) in [5.74, 6) is 0.654. The predicted octanol–water partition coefficient (Wildman–Crippen LogP) is 4.72. The van der Waals surface area contributed by atoms with Crippen molar-refractivity contribution >= 4 is 27.2 Å². The molecule has 7 nitrogen and oxygen atoms in total. The van der Waals surface area contributed by atoms with Crippen LogP contribution in [0.1, 0.15) is 11.3 Å². The predicted molar refractivity (Wildman–Crippen MR) is 104 cm³/mol. The lowest BCUT2D eigenvalue weighted by atomic mass is 10.2. The normalized spacial score (nSPS) is 12.3. The van der Waals surface area contributed by atoms with Gasteiger partial charge in [0, 0.05) is 11.4 Å². The molecule has 0 unspecified atom stereocenters. The van der Waals surface area contributed by atoms with Crippen molar-refractivity contribution in [1.82, 2.24) is 14.8 Å². The molecule has 4 aromatic rings. The summed E-state index contributed by atoms with van der Waals surface area (Å²) in [6, 6.07) is 8.18. The Kier molecular flexibility index (Phi) is 4.90. The molecule has 0 radical (unpaired) electrons. The van der Waals surface area contributed by atoms with Crippen LogP contribution in [0.2, 0.25) is 0 Å². The first kappa shape index (κ1) is 20.2. The van der Waals surface area contributed by atoms with E-state index < -0.39 is 21.8 Å². The lowest BCUT2D eigenvalue weighted by molar-refractivity contribution is -0.137. The fourth-order valence-electron chi connectivity index (χ4n) is 2.64. The average Bonchev–Trinajstić information content (AvgIpc) is 3.41. The number of alkyl halides is 3. The van der Waals surface area contributed by atoms with Gasteiger partial charge in [-0.15, -0.1) is 11.3 Å². The number of hydrogen-bond acceptors (Lipinski definition) is 6. The molecule has 1 N–H and O–H groups in total. The van der Waals surface area contributed by atoms with Crippen molar-refractivity contribution in [2.24, 2.45) is 0 Å². The molecule has 4 rings (SSSR count). The average molecular weight is 454 g/mol. The van der Waals surface area contributed by atoms with E-state index in [4.69, 9.17) is 4.42 Å². The summed E-state index contributed by atoms with van der Waals surface area (Å²) >= 11 is 1.22. The van der Waals surface area contributed by atoms with E-state index in [2.05, 4.69) is 14.8 Å². The number of aromatic nitrogens is 3. The fourth-order valence-corrected chi connectivity index (χ4v) is 4.45. The molecule has 0 fully saturated rings. The number of nitrogens with one attached hydrogen (secondary N) is 1. The van der Waals surface area contributed by atoms with E-state index in [0.717, 1.165) is 12.1 Å². The molecule has 156 valence electrons. The molecule has 0 saturated heterocycles. The number of sulfonamides is 1. The number of furan rings is 1. The highest BCUT2D eigenvalue weighted by molar-refractivity contribution is 7.92. The van der Waals surface area contributed by atoms with Gasteiger partial charge in [-0.2, -0.15) is 23.0 Å². The number of anilines is 1. The maximum absolute atomic E-state index is 12.7. The molecular weight excluding hydrogens is 441 g/mol. The zero-order valence-corrected chi connectivity index (χ0v) is 16.8. The Bertz CT molecular complexity index is 1280. The highest BCUT2D eigenvalue weighted by Gasteiger charge is 2.30. The Balaban J connectivity index is 1.64. The van der Waals surface area contributed by atoms with Gasteiger partial charge in [-0.1, -0.05) is 0 Å². The molecule has 1 aromatic carbocycles. The van der Waals surface area contributed by atoms with E-state index in [9.17, 15) is 21.6 Å². The van der Waals surface area contributed by atoms with Crippen molar-refractivity contribution in [2.45, 2.75) is 18.0 Å². The minimum Gasteiger partial charge on any atom is -0.463 e. The topological polar surface area (TPSA) is 90.0 Å². The van der Waals surface area contributed by atoms with Crippen LogP contribution < -0.4 is 4.72 Å². The van der Waals surface area contributed by atoms with Gasteiger partial charge in [0.05, 0.1) is 22.4 Å². The molecule has 30 heavy (non-hydrogen) atoms. The van der Waals surface area contributed by atoms with E-state index in [-0.39, 0.29) is 10.7 Å². The van der Waals surface area contributed by atoms with E-state index >= 15 is 0 Å². The molecule has 0 saturated carbocycles. The molecule has 0 aliphatic rings. The van der Waals surface area contributed by atoms with Gasteiger partial charge in [0.15, 0.2) is 5.76 Å². The van der Waals surface area contributed by atoms with Crippen LogP contribution in [-0.4, -0.2) is 23.2 Å². The molecule has 12 heteroatoms. The molecule has 3 aromatic heterocycles. The van der Waals surface area contributed by atoms with Crippen LogP contribution in [0.3, 0.4) is 0 Å². The zero-order chi connectivity index (χ0) is 21.5. The Morgan fingerprint density at radius 1 is 1.17 bits per heavy atom. The maximum atomic E-state index is 12.7. The minimum absolute atomic E-state index is 0.104. The summed E-state index contributed by atoms with van der Waals surface area (Å²) < 4.78 is 72.5. The molecular formula is C18H13F3N4O3S2. The van der Waals surface area contributed by atoms with Crippen molar-refractivity contribution in [2.75, 3.05) is 4.72 Å². The van der Waals surface area contributed by atoms with E-state index in [1.165, 1.54) is 28.3 Å². The number of rotatable bonds is 5. The minimum atomic E-state index is -4.55. The number of nitrogens with zero attached hydrogens (tertiary/aromatic N) is 3. The van der Waals surface area contributed by atoms with Crippen molar-refractivity contribution in [3.63, 3.8) is 0 Å². The van der Waals surface area contributed by atoms with Crippen molar-refractivity contribution < 1.29 is 26.0 Å². The molecule has 0 aliphatic carbocycles. The first-order valence-electron chi connectivity index (χ1n) is 8.40. The second kappa shape index (κ2) is 7.29. The van der Waals surface area contributed by atoms with Gasteiger partial charge >= 0.3 is 6.18 Å². The van der Waals surface area contributed by atoms with Crippen molar-refractivity contribution in [3.05, 3.63) is 65.4 Å². The lowest BCUT2D eigenvalue weighted by Gasteiger charge is -2.10. The smallest absolute Gasteiger partial charge is 0.416 e. The van der Waals surface area contributed by atoms with Crippen LogP contribution in [0.4, 0.5) is 19.0 Å². The Morgan fingerprint density at radius 3 is 2.53 bits per heavy atom. The monoisotopic (exact) mass is 454 g/mol. The fraction of sp³-hybridized carbons (Fsp3) is 0.111. The van der Waals surface area contributed by atoms with Gasteiger partial charge in [-0.3, -0.25) is 4.72 Å². The number of aryl methyl sites for hydroxylation is 1. The number of benzene rings is 1. The highest BCUT2D eigenvalue weighted by Crippen LogP contribution is 2.31. The number of halogens is 3. The second-order valence-corrected chi connectivity index (χ2v) is 8.72. The Hall–Kier alpha value is -3.12. The van der Waals surface area contributed by atoms with Gasteiger partial charge in [0.25, 0.3) is 10.0 Å². The maximum Gasteiger partial charge on any atom is 0.416 e. The van der Waals surface area contributed by atoms with Gasteiger partial charge in [0.1, 0.15) is 11.5 Å². The van der Waals surface area contributed by atoms with Crippen molar-refractivity contribution in [3.8, 4) is 16.6 Å². The first-order valence-corrected chi connectivity index (χ1v) is 10.8. The molecule has 0 atom stereocenters. The molecule has 3 heterocycles. The molecule has 0 spiro atoms. The van der Waals surface area contributed by atoms with Crippen LogP contribution in [0.15, 0.2) is 63.4 Å². The number of hydrogen-bond donors (Lipinski definition) is 1. The molecule has 0 amide bonds. The third kappa shape index (κ3) is 3.96. The summed E-state index contributed by atoms with van der Waals surface area (Å²) in [6.07, 6.45) is -3.04. The third-order valence-electron chi connectivity index (χ3n) is 4.01. The summed E-state index contributed by atoms with van der Waals surface area (Å²) in [6.45, 7) is 1.67. The van der Waals surface area contributed by atoms with Gasteiger partial charge in [-0.25, -0.2) is 13.4 Å². The van der Waals surface area contributed by atoms with E-state index in [1.807, 2.05) is 0 Å². The zero-order valence-electron chi connectivity index (χ0n) is 15.2. The van der Waals surface area contributed by atoms with Gasteiger partial charge in [0.2, 0.25) is 5.13 Å². The van der Waals surface area contributed by atoms with Gasteiger partial charge < -0.3 is 4.42 Å². The van der Waals surface area contributed by atoms with Gasteiger partial charge in [-0.05, 0) is 43.3 Å². The summed E-state index contributed by atoms with van der Waals surface area (Å²) in [5, 5.41) is 6.38. The van der Waals surface area contributed by atoms with Crippen LogP contribution in [-0.2, 0) is 16.2 Å². The van der Waals surface area contributed by atoms with Crippen molar-refractivity contribution in [1.29, 1.82) is 0 Å². The first-order chi connectivity index (χ1) is 14.1. The summed E-state index contributed by atoms with van der Waals surface area (Å²) in [5.41, 5.74) is 0.148. The lowest BCUT2D eigenvalue weighted by Crippen LogP contribution is -2.16. The highest BCUT2D eigenvalue weighted by atomic mass is 32.2.